The van der Waals surface area contributed by atoms with Crippen LogP contribution in [0.1, 0.15) is 35.3 Å². The van der Waals surface area contributed by atoms with Crippen molar-refractivity contribution < 1.29 is 19.0 Å². The molecule has 4 rings (SSSR count). The molecule has 2 aliphatic heterocycles. The van der Waals surface area contributed by atoms with Crippen molar-refractivity contribution in [3.8, 4) is 0 Å². The van der Waals surface area contributed by atoms with Crippen LogP contribution in [0, 0.1) is 5.82 Å². The molecule has 0 aliphatic carbocycles. The number of benzene rings is 1. The third kappa shape index (κ3) is 2.41. The van der Waals surface area contributed by atoms with Gasteiger partial charge in [0.15, 0.2) is 0 Å². The highest BCUT2D eigenvalue weighted by Crippen LogP contribution is 2.38. The molecule has 2 aliphatic rings. The number of carboxylic acid groups (broad SMARTS) is 1. The summed E-state index contributed by atoms with van der Waals surface area (Å²) in [5.74, 6) is -1.75. The molecular formula is C18H19FN2O4. The fourth-order valence-corrected chi connectivity index (χ4v) is 3.92. The van der Waals surface area contributed by atoms with E-state index in [1.54, 1.807) is 0 Å². The van der Waals surface area contributed by atoms with Crippen LogP contribution in [0.3, 0.4) is 0 Å². The molecule has 1 N–H and O–H groups in total. The van der Waals surface area contributed by atoms with E-state index in [9.17, 15) is 19.1 Å². The topological polar surface area (TPSA) is 71.8 Å². The molecule has 1 fully saturated rings. The summed E-state index contributed by atoms with van der Waals surface area (Å²) in [7, 11) is 0. The maximum Gasteiger partial charge on any atom is 0.341 e. The van der Waals surface area contributed by atoms with Crippen molar-refractivity contribution in [1.82, 2.24) is 4.57 Å². The van der Waals surface area contributed by atoms with Crippen LogP contribution in [-0.2, 0) is 11.2 Å². The number of anilines is 1. The predicted octanol–water partition coefficient (Wildman–Crippen LogP) is 2.18. The van der Waals surface area contributed by atoms with E-state index in [1.807, 2.05) is 16.4 Å². The van der Waals surface area contributed by atoms with E-state index in [-0.39, 0.29) is 17.0 Å². The Bertz CT molecular complexity index is 931. The number of rotatable bonds is 2. The molecule has 0 saturated carbocycles. The van der Waals surface area contributed by atoms with E-state index in [0.29, 0.717) is 43.9 Å². The first-order chi connectivity index (χ1) is 12.0. The molecule has 0 radical (unpaired) electrons. The number of pyridine rings is 1. The number of hydrogen-bond acceptors (Lipinski definition) is 4. The fraction of sp³-hybridized carbons (Fsp3) is 0.444. The summed E-state index contributed by atoms with van der Waals surface area (Å²) < 4.78 is 22.1. The van der Waals surface area contributed by atoms with Crippen LogP contribution in [0.4, 0.5) is 10.1 Å². The molecule has 0 unspecified atom stereocenters. The zero-order valence-corrected chi connectivity index (χ0v) is 13.9. The molecule has 1 atom stereocenters. The van der Waals surface area contributed by atoms with Crippen LogP contribution in [-0.4, -0.2) is 41.9 Å². The second kappa shape index (κ2) is 5.84. The molecule has 6 nitrogen and oxygen atoms in total. The van der Waals surface area contributed by atoms with Gasteiger partial charge in [-0.3, -0.25) is 4.79 Å². The Morgan fingerprint density at radius 1 is 1.36 bits per heavy atom. The Balaban J connectivity index is 2.06. The standard InChI is InChI=1S/C18H19FN2O4/c1-10-2-3-11-15-12(17(22)13(18(23)24)9-21(10)15)8-14(19)16(11)20-4-6-25-7-5-20/h8-10H,2-7H2,1H3,(H,23,24)/t10-/m1/s1. The summed E-state index contributed by atoms with van der Waals surface area (Å²) in [6.45, 7) is 4.26. The Hall–Kier alpha value is -2.41. The summed E-state index contributed by atoms with van der Waals surface area (Å²) in [5.41, 5.74) is 1.05. The first-order valence-corrected chi connectivity index (χ1v) is 8.45. The number of nitrogens with zero attached hydrogens (tertiary/aromatic N) is 2. The highest BCUT2D eigenvalue weighted by Gasteiger charge is 2.29. The summed E-state index contributed by atoms with van der Waals surface area (Å²) in [6, 6.07) is 1.25. The normalized spacial score (nSPS) is 20.1. The average molecular weight is 346 g/mol. The highest BCUT2D eigenvalue weighted by molar-refractivity contribution is 5.95. The lowest BCUT2D eigenvalue weighted by Gasteiger charge is -2.34. The molecule has 1 aromatic heterocycles. The molecule has 1 aromatic carbocycles. The number of hydrogen-bond donors (Lipinski definition) is 1. The quantitative estimate of drug-likeness (QED) is 0.902. The van der Waals surface area contributed by atoms with Crippen molar-refractivity contribution in [1.29, 1.82) is 0 Å². The van der Waals surface area contributed by atoms with Gasteiger partial charge in [-0.2, -0.15) is 0 Å². The molecular weight excluding hydrogens is 327 g/mol. The van der Waals surface area contributed by atoms with Gasteiger partial charge in [0.25, 0.3) is 0 Å². The smallest absolute Gasteiger partial charge is 0.341 e. The van der Waals surface area contributed by atoms with Crippen LogP contribution >= 0.6 is 0 Å². The van der Waals surface area contributed by atoms with Gasteiger partial charge < -0.3 is 19.3 Å². The molecule has 2 aromatic rings. The minimum Gasteiger partial charge on any atom is -0.477 e. The third-order valence-electron chi connectivity index (χ3n) is 5.18. The number of morpholine rings is 1. The third-order valence-corrected chi connectivity index (χ3v) is 5.18. The van der Waals surface area contributed by atoms with Crippen molar-refractivity contribution in [2.45, 2.75) is 25.8 Å². The molecule has 7 heteroatoms. The van der Waals surface area contributed by atoms with Gasteiger partial charge in [0.2, 0.25) is 5.43 Å². The van der Waals surface area contributed by atoms with E-state index in [0.717, 1.165) is 12.0 Å². The maximum absolute atomic E-state index is 14.9. The molecule has 3 heterocycles. The predicted molar refractivity (Wildman–Crippen MR) is 91.2 cm³/mol. The van der Waals surface area contributed by atoms with Crippen LogP contribution in [0.25, 0.3) is 10.9 Å². The average Bonchev–Trinajstić information content (AvgIpc) is 2.60. The van der Waals surface area contributed by atoms with Crippen molar-refractivity contribution in [2.24, 2.45) is 0 Å². The molecule has 25 heavy (non-hydrogen) atoms. The van der Waals surface area contributed by atoms with Crippen LogP contribution in [0.5, 0.6) is 0 Å². The largest absolute Gasteiger partial charge is 0.477 e. The Labute approximate surface area is 143 Å². The highest BCUT2D eigenvalue weighted by atomic mass is 19.1. The second-order valence-electron chi connectivity index (χ2n) is 6.65. The summed E-state index contributed by atoms with van der Waals surface area (Å²) in [6.07, 6.45) is 2.83. The van der Waals surface area contributed by atoms with Crippen molar-refractivity contribution in [3.63, 3.8) is 0 Å². The minimum absolute atomic E-state index is 0.0525. The van der Waals surface area contributed by atoms with Crippen LogP contribution in [0.15, 0.2) is 17.1 Å². The number of halogens is 1. The zero-order chi connectivity index (χ0) is 17.7. The second-order valence-corrected chi connectivity index (χ2v) is 6.65. The van der Waals surface area contributed by atoms with Gasteiger partial charge in [-0.15, -0.1) is 0 Å². The van der Waals surface area contributed by atoms with Gasteiger partial charge in [0, 0.05) is 36.3 Å². The molecule has 0 amide bonds. The van der Waals surface area contributed by atoms with Gasteiger partial charge in [-0.25, -0.2) is 9.18 Å². The number of aryl methyl sites for hydroxylation is 1. The number of ether oxygens (including phenoxy) is 1. The number of carboxylic acids is 1. The van der Waals surface area contributed by atoms with E-state index >= 15 is 0 Å². The van der Waals surface area contributed by atoms with Gasteiger partial charge in [-0.05, 0) is 25.8 Å². The monoisotopic (exact) mass is 346 g/mol. The van der Waals surface area contributed by atoms with Gasteiger partial charge in [0.1, 0.15) is 11.4 Å². The van der Waals surface area contributed by atoms with Crippen molar-refractivity contribution in [2.75, 3.05) is 31.2 Å². The Kier molecular flexibility index (Phi) is 3.76. The zero-order valence-electron chi connectivity index (χ0n) is 13.9. The SMILES string of the molecule is C[C@@H]1CCc2c(N3CCOCC3)c(F)cc3c(=O)c(C(=O)O)cn1c23. The maximum atomic E-state index is 14.9. The lowest BCUT2D eigenvalue weighted by atomic mass is 9.93. The number of aromatic carboxylic acids is 1. The van der Waals surface area contributed by atoms with E-state index < -0.39 is 17.2 Å². The van der Waals surface area contributed by atoms with E-state index in [1.165, 1.54) is 12.3 Å². The van der Waals surface area contributed by atoms with Crippen molar-refractivity contribution >= 4 is 22.6 Å². The van der Waals surface area contributed by atoms with E-state index in [2.05, 4.69) is 0 Å². The number of aromatic nitrogens is 1. The molecule has 0 bridgehead atoms. The van der Waals surface area contributed by atoms with Crippen LogP contribution < -0.4 is 10.3 Å². The van der Waals surface area contributed by atoms with E-state index in [4.69, 9.17) is 4.74 Å². The lowest BCUT2D eigenvalue weighted by Crippen LogP contribution is -2.38. The van der Waals surface area contributed by atoms with Gasteiger partial charge >= 0.3 is 5.97 Å². The Morgan fingerprint density at radius 2 is 2.08 bits per heavy atom. The lowest BCUT2D eigenvalue weighted by molar-refractivity contribution is 0.0694. The van der Waals surface area contributed by atoms with Gasteiger partial charge in [0.05, 0.1) is 24.4 Å². The molecule has 1 saturated heterocycles. The summed E-state index contributed by atoms with van der Waals surface area (Å²) in [5, 5.41) is 9.47. The van der Waals surface area contributed by atoms with Gasteiger partial charge in [-0.1, -0.05) is 0 Å². The number of carbonyl (C=O) groups is 1. The molecule has 0 spiro atoms. The molecule has 132 valence electrons. The summed E-state index contributed by atoms with van der Waals surface area (Å²) >= 11 is 0. The first kappa shape index (κ1) is 16.1. The minimum atomic E-state index is -1.28. The Morgan fingerprint density at radius 3 is 2.76 bits per heavy atom. The van der Waals surface area contributed by atoms with Crippen molar-refractivity contribution in [3.05, 3.63) is 39.4 Å². The fourth-order valence-electron chi connectivity index (χ4n) is 3.92. The first-order valence-electron chi connectivity index (χ1n) is 8.45. The summed E-state index contributed by atoms with van der Waals surface area (Å²) in [4.78, 5) is 25.9. The van der Waals surface area contributed by atoms with Crippen LogP contribution in [0.2, 0.25) is 0 Å².